The fourth-order valence-electron chi connectivity index (χ4n) is 3.85. The van der Waals surface area contributed by atoms with Gasteiger partial charge in [-0.1, -0.05) is 6.08 Å². The number of carboxylic acids is 1. The van der Waals surface area contributed by atoms with Crippen LogP contribution in [-0.4, -0.2) is 55.3 Å². The molecule has 0 saturated carbocycles. The van der Waals surface area contributed by atoms with Gasteiger partial charge in [0.1, 0.15) is 11.2 Å². The lowest BCUT2D eigenvalue weighted by molar-refractivity contribution is -0.159. The molecule has 3 rings (SSSR count). The van der Waals surface area contributed by atoms with Crippen LogP contribution in [0.5, 0.6) is 5.75 Å². The number of allylic oxidation sites excluding steroid dienone is 1. The minimum absolute atomic E-state index is 0.0615. The number of hydrogen-bond acceptors (Lipinski definition) is 4. The van der Waals surface area contributed by atoms with Gasteiger partial charge in [0.15, 0.2) is 0 Å². The molecule has 0 aromatic heterocycles. The van der Waals surface area contributed by atoms with Gasteiger partial charge in [0.2, 0.25) is 0 Å². The first kappa shape index (κ1) is 17.5. The molecular weight excluding hydrogens is 322 g/mol. The zero-order chi connectivity index (χ0) is 18.0. The van der Waals surface area contributed by atoms with Crippen molar-refractivity contribution >= 4 is 11.9 Å². The average molecular weight is 345 g/mol. The number of amides is 1. The zero-order valence-corrected chi connectivity index (χ0v) is 14.4. The summed E-state index contributed by atoms with van der Waals surface area (Å²) in [6.07, 6.45) is 3.02. The number of carbonyl (C=O) groups is 2. The van der Waals surface area contributed by atoms with Gasteiger partial charge in [-0.25, -0.2) is 0 Å². The largest absolute Gasteiger partial charge is 0.496 e. The van der Waals surface area contributed by atoms with Crippen LogP contribution in [0.4, 0.5) is 0 Å². The van der Waals surface area contributed by atoms with Gasteiger partial charge in [0.05, 0.1) is 13.7 Å². The van der Waals surface area contributed by atoms with E-state index in [0.29, 0.717) is 37.3 Å². The van der Waals surface area contributed by atoms with Gasteiger partial charge in [-0.3, -0.25) is 9.59 Å². The predicted octanol–water partition coefficient (Wildman–Crippen LogP) is 1.99. The van der Waals surface area contributed by atoms with Crippen LogP contribution >= 0.6 is 0 Å². The Morgan fingerprint density at radius 3 is 2.96 bits per heavy atom. The monoisotopic (exact) mass is 345 g/mol. The molecule has 25 heavy (non-hydrogen) atoms. The number of carboxylic acid groups (broad SMARTS) is 1. The molecular formula is C19H23NO5. The zero-order valence-electron chi connectivity index (χ0n) is 14.4. The Morgan fingerprint density at radius 1 is 1.52 bits per heavy atom. The summed E-state index contributed by atoms with van der Waals surface area (Å²) in [4.78, 5) is 26.4. The van der Waals surface area contributed by atoms with E-state index < -0.39 is 11.4 Å². The van der Waals surface area contributed by atoms with Crippen molar-refractivity contribution in [2.75, 3.05) is 33.4 Å². The van der Waals surface area contributed by atoms with E-state index >= 15 is 0 Å². The molecule has 134 valence electrons. The van der Waals surface area contributed by atoms with Gasteiger partial charge in [-0.15, -0.1) is 6.58 Å². The molecule has 2 saturated heterocycles. The number of carbonyl (C=O) groups excluding carboxylic acids is 1. The van der Waals surface area contributed by atoms with Crippen LogP contribution in [0.15, 0.2) is 30.9 Å². The Bertz CT molecular complexity index is 701. The van der Waals surface area contributed by atoms with Gasteiger partial charge in [0, 0.05) is 25.3 Å². The second-order valence-electron chi connectivity index (χ2n) is 6.70. The van der Waals surface area contributed by atoms with Crippen LogP contribution in [0.3, 0.4) is 0 Å². The van der Waals surface area contributed by atoms with Crippen LogP contribution in [0.2, 0.25) is 0 Å². The Kier molecular flexibility index (Phi) is 4.81. The van der Waals surface area contributed by atoms with Crippen LogP contribution in [0, 0.1) is 11.3 Å². The molecule has 1 aromatic rings. The normalized spacial score (nSPS) is 25.3. The van der Waals surface area contributed by atoms with Crippen molar-refractivity contribution in [1.29, 1.82) is 0 Å². The first-order valence-corrected chi connectivity index (χ1v) is 8.40. The topological polar surface area (TPSA) is 76.1 Å². The molecule has 6 heteroatoms. The molecule has 2 aliphatic rings. The van der Waals surface area contributed by atoms with Gasteiger partial charge in [-0.2, -0.15) is 0 Å². The average Bonchev–Trinajstić information content (AvgIpc) is 3.02. The van der Waals surface area contributed by atoms with Gasteiger partial charge in [-0.05, 0) is 42.5 Å². The summed E-state index contributed by atoms with van der Waals surface area (Å²) in [6.45, 7) is 5.09. The first-order valence-electron chi connectivity index (χ1n) is 8.40. The maximum Gasteiger partial charge on any atom is 0.314 e. The number of nitrogens with zero attached hydrogens (tertiary/aromatic N) is 1. The molecule has 2 atom stereocenters. The van der Waals surface area contributed by atoms with E-state index in [2.05, 4.69) is 6.58 Å². The Balaban J connectivity index is 1.85. The standard InChI is InChI=1S/C19H23NO5/c1-3-4-13-9-14(5-6-16(13)24-2)17(21)20-10-15-7-8-25-12-19(15,11-20)18(22)23/h3,5-6,9,15H,1,4,7-8,10-12H2,2H3,(H,22,23)/t15-,19+/m0/s1. The third-order valence-electron chi connectivity index (χ3n) is 5.27. The number of hydrogen-bond donors (Lipinski definition) is 1. The second kappa shape index (κ2) is 6.88. The maximum absolute atomic E-state index is 12.9. The lowest BCUT2D eigenvalue weighted by atomic mass is 9.76. The summed E-state index contributed by atoms with van der Waals surface area (Å²) in [5, 5.41) is 9.71. The molecule has 0 unspecified atom stereocenters. The molecule has 0 aliphatic carbocycles. The van der Waals surface area contributed by atoms with Crippen molar-refractivity contribution in [2.24, 2.45) is 11.3 Å². The number of fused-ring (bicyclic) bond motifs is 1. The molecule has 2 aliphatic heterocycles. The van der Waals surface area contributed by atoms with Crippen molar-refractivity contribution in [1.82, 2.24) is 4.90 Å². The van der Waals surface area contributed by atoms with E-state index in [1.54, 1.807) is 36.3 Å². The molecule has 2 fully saturated rings. The lowest BCUT2D eigenvalue weighted by Gasteiger charge is -2.33. The third kappa shape index (κ3) is 3.02. The quantitative estimate of drug-likeness (QED) is 0.826. The van der Waals surface area contributed by atoms with Crippen LogP contribution < -0.4 is 4.74 Å². The highest BCUT2D eigenvalue weighted by Gasteiger charge is 2.55. The number of methoxy groups -OCH3 is 1. The summed E-state index contributed by atoms with van der Waals surface area (Å²) in [5.41, 5.74) is 0.443. The van der Waals surface area contributed by atoms with E-state index in [0.717, 1.165) is 5.56 Å². The molecule has 0 bridgehead atoms. The SMILES string of the molecule is C=CCc1cc(C(=O)N2C[C@@H]3CCOC[C@]3(C(=O)O)C2)ccc1OC. The number of likely N-dealkylation sites (tertiary alicyclic amines) is 1. The lowest BCUT2D eigenvalue weighted by Crippen LogP contribution is -2.46. The van der Waals surface area contributed by atoms with E-state index in [1.165, 1.54) is 0 Å². The molecule has 6 nitrogen and oxygen atoms in total. The van der Waals surface area contributed by atoms with Crippen LogP contribution in [0.1, 0.15) is 22.3 Å². The highest BCUT2D eigenvalue weighted by molar-refractivity contribution is 5.95. The number of rotatable bonds is 5. The van der Waals surface area contributed by atoms with Gasteiger partial charge in [0.25, 0.3) is 5.91 Å². The van der Waals surface area contributed by atoms with Crippen molar-refractivity contribution in [2.45, 2.75) is 12.8 Å². The number of aliphatic carboxylic acids is 1. The van der Waals surface area contributed by atoms with Crippen molar-refractivity contribution in [3.05, 3.63) is 42.0 Å². The predicted molar refractivity (Wildman–Crippen MR) is 91.8 cm³/mol. The molecule has 2 heterocycles. The van der Waals surface area contributed by atoms with Crippen molar-refractivity contribution in [3.8, 4) is 5.75 Å². The van der Waals surface area contributed by atoms with E-state index in [-0.39, 0.29) is 25.0 Å². The Hall–Kier alpha value is -2.34. The summed E-state index contributed by atoms with van der Waals surface area (Å²) >= 11 is 0. The van der Waals surface area contributed by atoms with Gasteiger partial charge >= 0.3 is 5.97 Å². The molecule has 0 radical (unpaired) electrons. The van der Waals surface area contributed by atoms with Crippen molar-refractivity contribution < 1.29 is 24.2 Å². The van der Waals surface area contributed by atoms with Gasteiger partial charge < -0.3 is 19.5 Å². The van der Waals surface area contributed by atoms with Crippen molar-refractivity contribution in [3.63, 3.8) is 0 Å². The van der Waals surface area contributed by atoms with Crippen LogP contribution in [0.25, 0.3) is 0 Å². The fourth-order valence-corrected chi connectivity index (χ4v) is 3.85. The molecule has 1 amide bonds. The smallest absolute Gasteiger partial charge is 0.314 e. The maximum atomic E-state index is 12.9. The molecule has 1 N–H and O–H groups in total. The number of ether oxygens (including phenoxy) is 2. The summed E-state index contributed by atoms with van der Waals surface area (Å²) in [5.74, 6) is -0.381. The summed E-state index contributed by atoms with van der Waals surface area (Å²) < 4.78 is 10.7. The van der Waals surface area contributed by atoms with E-state index in [9.17, 15) is 14.7 Å². The fraction of sp³-hybridized carbons (Fsp3) is 0.474. The Labute approximate surface area is 147 Å². The number of benzene rings is 1. The highest BCUT2D eigenvalue weighted by atomic mass is 16.5. The van der Waals surface area contributed by atoms with E-state index in [4.69, 9.17) is 9.47 Å². The highest BCUT2D eigenvalue weighted by Crippen LogP contribution is 2.42. The third-order valence-corrected chi connectivity index (χ3v) is 5.27. The summed E-state index contributed by atoms with van der Waals surface area (Å²) in [6, 6.07) is 5.29. The van der Waals surface area contributed by atoms with E-state index in [1.807, 2.05) is 0 Å². The minimum atomic E-state index is -0.982. The Morgan fingerprint density at radius 2 is 2.32 bits per heavy atom. The molecule has 0 spiro atoms. The summed E-state index contributed by atoms with van der Waals surface area (Å²) in [7, 11) is 1.59. The minimum Gasteiger partial charge on any atom is -0.496 e. The van der Waals surface area contributed by atoms with Crippen LogP contribution in [-0.2, 0) is 16.0 Å². The first-order chi connectivity index (χ1) is 12.0. The molecule has 1 aromatic carbocycles. The second-order valence-corrected chi connectivity index (χ2v) is 6.70.